The summed E-state index contributed by atoms with van der Waals surface area (Å²) in [4.78, 5) is 44.0. The molecule has 2 heterocycles. The highest BCUT2D eigenvalue weighted by molar-refractivity contribution is 5.96. The Hall–Kier alpha value is -3.39. The molecule has 8 heteroatoms. The molecule has 0 spiro atoms. The number of hydrogen-bond acceptors (Lipinski definition) is 4. The molecular weight excluding hydrogens is 466 g/mol. The van der Waals surface area contributed by atoms with Gasteiger partial charge in [0.2, 0.25) is 0 Å². The van der Waals surface area contributed by atoms with Crippen LogP contribution in [0.2, 0.25) is 0 Å². The van der Waals surface area contributed by atoms with Gasteiger partial charge in [-0.15, -0.1) is 0 Å². The van der Waals surface area contributed by atoms with Crippen LogP contribution in [-0.2, 0) is 6.54 Å². The number of urea groups is 1. The van der Waals surface area contributed by atoms with E-state index in [2.05, 4.69) is 15.5 Å². The number of benzene rings is 2. The fourth-order valence-electron chi connectivity index (χ4n) is 4.77. The van der Waals surface area contributed by atoms with E-state index in [-0.39, 0.29) is 23.4 Å². The van der Waals surface area contributed by atoms with E-state index < -0.39 is 0 Å². The van der Waals surface area contributed by atoms with Gasteiger partial charge in [-0.2, -0.15) is 0 Å². The molecule has 2 N–H and O–H groups in total. The summed E-state index contributed by atoms with van der Waals surface area (Å²) in [6.45, 7) is 11.1. The molecule has 0 saturated carbocycles. The molecule has 8 nitrogen and oxygen atoms in total. The molecule has 37 heavy (non-hydrogen) atoms. The highest BCUT2D eigenvalue weighted by atomic mass is 16.2. The number of nitrogens with one attached hydrogen (secondary N) is 2. The maximum atomic E-state index is 13.0. The minimum Gasteiger partial charge on any atom is -0.347 e. The smallest absolute Gasteiger partial charge is 0.321 e. The normalized spacial score (nSPS) is 16.8. The maximum absolute atomic E-state index is 13.0. The van der Waals surface area contributed by atoms with Crippen LogP contribution in [0, 0.1) is 0 Å². The Kier molecular flexibility index (Phi) is 8.48. The van der Waals surface area contributed by atoms with E-state index in [4.69, 9.17) is 0 Å². The number of piperazine rings is 1. The molecule has 2 saturated heterocycles. The van der Waals surface area contributed by atoms with E-state index in [1.807, 2.05) is 54.8 Å². The third kappa shape index (κ3) is 7.55. The van der Waals surface area contributed by atoms with Crippen molar-refractivity contribution in [2.75, 3.05) is 44.6 Å². The van der Waals surface area contributed by atoms with Gasteiger partial charge in [-0.3, -0.25) is 14.5 Å². The summed E-state index contributed by atoms with van der Waals surface area (Å²) in [5.41, 5.74) is 2.80. The van der Waals surface area contributed by atoms with Crippen molar-refractivity contribution in [3.05, 3.63) is 65.2 Å². The van der Waals surface area contributed by atoms with Crippen LogP contribution in [-0.4, -0.2) is 77.4 Å². The quantitative estimate of drug-likeness (QED) is 0.638. The zero-order chi connectivity index (χ0) is 26.4. The second-order valence-corrected chi connectivity index (χ2v) is 11.0. The standard InChI is InChI=1S/C29H39N5O3/c1-29(2,3)31-26(35)24-9-7-8-22(20-24)21-32-16-18-33(19-17-32)27(36)23-10-12-25(13-11-23)30-28(37)34-14-5-4-6-15-34/h7-13,20H,4-6,14-19,21H2,1-3H3,(H,30,37)(H,31,35). The molecule has 0 unspecified atom stereocenters. The van der Waals surface area contributed by atoms with Gasteiger partial charge in [0.05, 0.1) is 0 Å². The lowest BCUT2D eigenvalue weighted by Crippen LogP contribution is -2.48. The predicted molar refractivity (Wildman–Crippen MR) is 146 cm³/mol. The summed E-state index contributed by atoms with van der Waals surface area (Å²) in [5, 5.41) is 5.95. The molecule has 0 aliphatic carbocycles. The fourth-order valence-corrected chi connectivity index (χ4v) is 4.77. The van der Waals surface area contributed by atoms with Gasteiger partial charge < -0.3 is 20.4 Å². The van der Waals surface area contributed by atoms with Crippen molar-refractivity contribution < 1.29 is 14.4 Å². The molecule has 0 aromatic heterocycles. The second kappa shape index (κ2) is 11.8. The average molecular weight is 506 g/mol. The topological polar surface area (TPSA) is 85.0 Å². The van der Waals surface area contributed by atoms with Crippen LogP contribution in [0.4, 0.5) is 10.5 Å². The molecule has 2 aromatic carbocycles. The Morgan fingerprint density at radius 3 is 2.11 bits per heavy atom. The van der Waals surface area contributed by atoms with Crippen LogP contribution < -0.4 is 10.6 Å². The number of carbonyl (C=O) groups excluding carboxylic acids is 3. The first-order valence-corrected chi connectivity index (χ1v) is 13.3. The van der Waals surface area contributed by atoms with E-state index in [1.165, 1.54) is 6.42 Å². The highest BCUT2D eigenvalue weighted by Crippen LogP contribution is 2.17. The maximum Gasteiger partial charge on any atom is 0.321 e. The van der Waals surface area contributed by atoms with E-state index in [0.29, 0.717) is 29.9 Å². The van der Waals surface area contributed by atoms with E-state index in [9.17, 15) is 14.4 Å². The second-order valence-electron chi connectivity index (χ2n) is 11.0. The molecular formula is C29H39N5O3. The summed E-state index contributed by atoms with van der Waals surface area (Å²) in [6.07, 6.45) is 3.28. The van der Waals surface area contributed by atoms with Crippen LogP contribution in [0.5, 0.6) is 0 Å². The lowest BCUT2D eigenvalue weighted by Gasteiger charge is -2.35. The fraction of sp³-hybridized carbons (Fsp3) is 0.483. The van der Waals surface area contributed by atoms with Gasteiger partial charge in [-0.25, -0.2) is 4.79 Å². The Labute approximate surface area is 220 Å². The lowest BCUT2D eigenvalue weighted by atomic mass is 10.1. The Bertz CT molecular complexity index is 1100. The summed E-state index contributed by atoms with van der Waals surface area (Å²) in [6, 6.07) is 14.8. The molecule has 2 aliphatic heterocycles. The number of likely N-dealkylation sites (tertiary alicyclic amines) is 1. The van der Waals surface area contributed by atoms with Gasteiger partial charge in [-0.1, -0.05) is 12.1 Å². The Morgan fingerprint density at radius 2 is 1.46 bits per heavy atom. The zero-order valence-electron chi connectivity index (χ0n) is 22.3. The van der Waals surface area contributed by atoms with Crippen molar-refractivity contribution in [1.82, 2.24) is 20.0 Å². The first-order chi connectivity index (χ1) is 17.7. The molecule has 2 aliphatic rings. The number of amides is 4. The van der Waals surface area contributed by atoms with Gasteiger partial charge in [0, 0.05) is 68.2 Å². The molecule has 0 bridgehead atoms. The van der Waals surface area contributed by atoms with Crippen molar-refractivity contribution in [1.29, 1.82) is 0 Å². The van der Waals surface area contributed by atoms with Gasteiger partial charge in [0.15, 0.2) is 0 Å². The number of anilines is 1. The van der Waals surface area contributed by atoms with Crippen molar-refractivity contribution in [3.8, 4) is 0 Å². The van der Waals surface area contributed by atoms with Crippen LogP contribution in [0.1, 0.15) is 66.3 Å². The Morgan fingerprint density at radius 1 is 0.784 bits per heavy atom. The van der Waals surface area contributed by atoms with Gasteiger partial charge in [0.1, 0.15) is 0 Å². The predicted octanol–water partition coefficient (Wildman–Crippen LogP) is 4.19. The molecule has 4 rings (SSSR count). The van der Waals surface area contributed by atoms with Crippen LogP contribution in [0.25, 0.3) is 0 Å². The zero-order valence-corrected chi connectivity index (χ0v) is 22.3. The minimum absolute atomic E-state index is 0.00871. The van der Waals surface area contributed by atoms with Crippen LogP contribution in [0.15, 0.2) is 48.5 Å². The highest BCUT2D eigenvalue weighted by Gasteiger charge is 2.23. The number of hydrogen-bond donors (Lipinski definition) is 2. The molecule has 4 amide bonds. The van der Waals surface area contributed by atoms with Gasteiger partial charge in [-0.05, 0) is 82.0 Å². The SMILES string of the molecule is CC(C)(C)NC(=O)c1cccc(CN2CCN(C(=O)c3ccc(NC(=O)N4CCCCC4)cc3)CC2)c1. The third-order valence-electron chi connectivity index (χ3n) is 6.77. The average Bonchev–Trinajstić information content (AvgIpc) is 2.89. The van der Waals surface area contributed by atoms with Crippen LogP contribution >= 0.6 is 0 Å². The summed E-state index contributed by atoms with van der Waals surface area (Å²) in [7, 11) is 0. The van der Waals surface area contributed by atoms with Crippen molar-refractivity contribution in [2.45, 2.75) is 52.1 Å². The molecule has 198 valence electrons. The van der Waals surface area contributed by atoms with Crippen LogP contribution in [0.3, 0.4) is 0 Å². The number of carbonyl (C=O) groups is 3. The summed E-state index contributed by atoms with van der Waals surface area (Å²) in [5.74, 6) is -0.0590. The van der Waals surface area contributed by atoms with Crippen molar-refractivity contribution >= 4 is 23.5 Å². The van der Waals surface area contributed by atoms with E-state index in [1.54, 1.807) is 24.3 Å². The van der Waals surface area contributed by atoms with Crippen molar-refractivity contribution in [3.63, 3.8) is 0 Å². The van der Waals surface area contributed by atoms with Crippen molar-refractivity contribution in [2.24, 2.45) is 0 Å². The van der Waals surface area contributed by atoms with E-state index >= 15 is 0 Å². The number of piperidine rings is 1. The monoisotopic (exact) mass is 505 g/mol. The number of nitrogens with zero attached hydrogens (tertiary/aromatic N) is 3. The number of rotatable bonds is 5. The lowest BCUT2D eigenvalue weighted by molar-refractivity contribution is 0.0628. The van der Waals surface area contributed by atoms with Gasteiger partial charge in [0.25, 0.3) is 11.8 Å². The minimum atomic E-state index is -0.280. The largest absolute Gasteiger partial charge is 0.347 e. The Balaban J connectivity index is 1.26. The molecule has 0 radical (unpaired) electrons. The first kappa shape index (κ1) is 26.7. The van der Waals surface area contributed by atoms with Gasteiger partial charge >= 0.3 is 6.03 Å². The van der Waals surface area contributed by atoms with E-state index in [0.717, 1.165) is 51.1 Å². The summed E-state index contributed by atoms with van der Waals surface area (Å²) < 4.78 is 0. The molecule has 2 fully saturated rings. The molecule has 0 atom stereocenters. The third-order valence-corrected chi connectivity index (χ3v) is 6.77. The first-order valence-electron chi connectivity index (χ1n) is 13.3. The summed E-state index contributed by atoms with van der Waals surface area (Å²) >= 11 is 0. The molecule has 2 aromatic rings.